The second kappa shape index (κ2) is 6.96. The number of hydrogen-bond donors (Lipinski definition) is 2. The number of aromatic amines is 1. The van der Waals surface area contributed by atoms with Crippen molar-refractivity contribution in [2.24, 2.45) is 0 Å². The molecule has 4 rings (SSSR count). The number of aromatic nitrogens is 1. The Hall–Kier alpha value is -2.99. The highest BCUT2D eigenvalue weighted by atomic mass is 16.5. The summed E-state index contributed by atoms with van der Waals surface area (Å²) in [5, 5.41) is 4.54. The summed E-state index contributed by atoms with van der Waals surface area (Å²) in [6.07, 6.45) is 0.564. The Morgan fingerprint density at radius 3 is 2.63 bits per heavy atom. The van der Waals surface area contributed by atoms with E-state index in [-0.39, 0.29) is 12.0 Å². The van der Waals surface area contributed by atoms with Crippen molar-refractivity contribution in [1.29, 1.82) is 0 Å². The zero-order valence-electron chi connectivity index (χ0n) is 15.5. The molecule has 3 aromatic rings. The first-order valence-electron chi connectivity index (χ1n) is 8.81. The molecule has 1 aliphatic rings. The standard InChI is InChI=1S/C21H22N2O4/c1-25-12-8-9-18(26-2)15(10-12)20-19-14(11-17(23-20)21(24)27-3)13-6-4-5-7-16(13)22-19/h4-10,17,20,22-23H,11H2,1-3H3/t17-,20?/m0/s1. The minimum atomic E-state index is -0.442. The van der Waals surface area contributed by atoms with E-state index in [2.05, 4.69) is 16.4 Å². The summed E-state index contributed by atoms with van der Waals surface area (Å²) in [4.78, 5) is 15.9. The lowest BCUT2D eigenvalue weighted by Crippen LogP contribution is -2.45. The van der Waals surface area contributed by atoms with Crippen LogP contribution in [0.2, 0.25) is 0 Å². The van der Waals surface area contributed by atoms with Crippen LogP contribution in [0.1, 0.15) is 22.9 Å². The number of nitrogens with one attached hydrogen (secondary N) is 2. The third-order valence-electron chi connectivity index (χ3n) is 5.14. The van der Waals surface area contributed by atoms with Crippen LogP contribution in [0.3, 0.4) is 0 Å². The Morgan fingerprint density at radius 1 is 1.07 bits per heavy atom. The first-order chi connectivity index (χ1) is 13.2. The Morgan fingerprint density at radius 2 is 1.89 bits per heavy atom. The maximum absolute atomic E-state index is 12.3. The number of hydrogen-bond acceptors (Lipinski definition) is 5. The predicted molar refractivity (Wildman–Crippen MR) is 102 cm³/mol. The summed E-state index contributed by atoms with van der Waals surface area (Å²) in [6.45, 7) is 0. The summed E-state index contributed by atoms with van der Waals surface area (Å²) in [7, 11) is 4.68. The van der Waals surface area contributed by atoms with Crippen LogP contribution in [0.4, 0.5) is 0 Å². The van der Waals surface area contributed by atoms with Crippen molar-refractivity contribution in [2.75, 3.05) is 21.3 Å². The number of para-hydroxylation sites is 1. The van der Waals surface area contributed by atoms with Crippen LogP contribution in [0.15, 0.2) is 42.5 Å². The van der Waals surface area contributed by atoms with Gasteiger partial charge in [0.15, 0.2) is 0 Å². The molecule has 0 amide bonds. The number of carbonyl (C=O) groups excluding carboxylic acids is 1. The Bertz CT molecular complexity index is 995. The number of esters is 1. The molecule has 1 aromatic heterocycles. The number of rotatable bonds is 4. The van der Waals surface area contributed by atoms with Crippen molar-refractivity contribution >= 4 is 16.9 Å². The molecule has 2 aromatic carbocycles. The van der Waals surface area contributed by atoms with Crippen molar-refractivity contribution in [3.63, 3.8) is 0 Å². The van der Waals surface area contributed by atoms with Gasteiger partial charge >= 0.3 is 5.97 Å². The molecular weight excluding hydrogens is 344 g/mol. The molecule has 0 aliphatic carbocycles. The molecule has 1 unspecified atom stereocenters. The smallest absolute Gasteiger partial charge is 0.323 e. The third kappa shape index (κ3) is 2.92. The minimum Gasteiger partial charge on any atom is -0.497 e. The summed E-state index contributed by atoms with van der Waals surface area (Å²) < 4.78 is 16.0. The van der Waals surface area contributed by atoms with Gasteiger partial charge in [0.05, 0.1) is 27.4 Å². The van der Waals surface area contributed by atoms with E-state index in [0.29, 0.717) is 6.42 Å². The normalized spacial score (nSPS) is 18.8. The second-order valence-corrected chi connectivity index (χ2v) is 6.55. The van der Waals surface area contributed by atoms with Gasteiger partial charge in [0.25, 0.3) is 0 Å². The average Bonchev–Trinajstić information content (AvgIpc) is 3.10. The first kappa shape index (κ1) is 17.4. The molecule has 0 saturated heterocycles. The average molecular weight is 366 g/mol. The van der Waals surface area contributed by atoms with E-state index >= 15 is 0 Å². The van der Waals surface area contributed by atoms with Gasteiger partial charge in [-0.3, -0.25) is 10.1 Å². The van der Waals surface area contributed by atoms with Gasteiger partial charge in [0.1, 0.15) is 17.5 Å². The Labute approximate surface area is 157 Å². The number of H-pyrrole nitrogens is 1. The highest BCUT2D eigenvalue weighted by Gasteiger charge is 2.35. The number of methoxy groups -OCH3 is 3. The highest BCUT2D eigenvalue weighted by Crippen LogP contribution is 2.39. The lowest BCUT2D eigenvalue weighted by Gasteiger charge is -2.31. The van der Waals surface area contributed by atoms with Crippen LogP contribution in [-0.2, 0) is 16.0 Å². The summed E-state index contributed by atoms with van der Waals surface area (Å²) >= 11 is 0. The number of carbonyl (C=O) groups is 1. The first-order valence-corrected chi connectivity index (χ1v) is 8.81. The topological polar surface area (TPSA) is 72.6 Å². The Balaban J connectivity index is 1.91. The van der Waals surface area contributed by atoms with E-state index in [0.717, 1.165) is 39.2 Å². The maximum Gasteiger partial charge on any atom is 0.323 e. The van der Waals surface area contributed by atoms with Gasteiger partial charge in [-0.05, 0) is 29.8 Å². The van der Waals surface area contributed by atoms with Gasteiger partial charge in [0.2, 0.25) is 0 Å². The van der Waals surface area contributed by atoms with Crippen molar-refractivity contribution in [1.82, 2.24) is 10.3 Å². The van der Waals surface area contributed by atoms with Gasteiger partial charge in [-0.15, -0.1) is 0 Å². The van der Waals surface area contributed by atoms with Gasteiger partial charge < -0.3 is 19.2 Å². The zero-order chi connectivity index (χ0) is 19.0. The highest BCUT2D eigenvalue weighted by molar-refractivity contribution is 5.87. The lowest BCUT2D eigenvalue weighted by atomic mass is 9.90. The summed E-state index contributed by atoms with van der Waals surface area (Å²) in [5.74, 6) is 1.17. The monoisotopic (exact) mass is 366 g/mol. The van der Waals surface area contributed by atoms with Crippen LogP contribution >= 0.6 is 0 Å². The maximum atomic E-state index is 12.3. The predicted octanol–water partition coefficient (Wildman–Crippen LogP) is 2.96. The van der Waals surface area contributed by atoms with Crippen LogP contribution in [0, 0.1) is 0 Å². The molecule has 6 nitrogen and oxygen atoms in total. The molecule has 1 aliphatic heterocycles. The molecular formula is C21H22N2O4. The summed E-state index contributed by atoms with van der Waals surface area (Å²) in [6, 6.07) is 13.1. The zero-order valence-corrected chi connectivity index (χ0v) is 15.5. The van der Waals surface area contributed by atoms with Crippen LogP contribution in [0.25, 0.3) is 10.9 Å². The van der Waals surface area contributed by atoms with E-state index in [4.69, 9.17) is 14.2 Å². The molecule has 0 saturated carbocycles. The second-order valence-electron chi connectivity index (χ2n) is 6.55. The molecule has 2 N–H and O–H groups in total. The molecule has 0 fully saturated rings. The van der Waals surface area contributed by atoms with E-state index in [1.54, 1.807) is 14.2 Å². The fourth-order valence-electron chi connectivity index (χ4n) is 3.84. The van der Waals surface area contributed by atoms with E-state index in [1.165, 1.54) is 7.11 Å². The van der Waals surface area contributed by atoms with Crippen LogP contribution in [0.5, 0.6) is 11.5 Å². The van der Waals surface area contributed by atoms with E-state index in [1.807, 2.05) is 36.4 Å². The quantitative estimate of drug-likeness (QED) is 0.695. The number of fused-ring (bicyclic) bond motifs is 3. The van der Waals surface area contributed by atoms with E-state index < -0.39 is 6.04 Å². The van der Waals surface area contributed by atoms with Crippen LogP contribution in [-0.4, -0.2) is 38.3 Å². The molecule has 2 heterocycles. The number of benzene rings is 2. The molecule has 0 spiro atoms. The third-order valence-corrected chi connectivity index (χ3v) is 5.14. The van der Waals surface area contributed by atoms with Crippen molar-refractivity contribution in [2.45, 2.75) is 18.5 Å². The van der Waals surface area contributed by atoms with Crippen LogP contribution < -0.4 is 14.8 Å². The van der Waals surface area contributed by atoms with Crippen molar-refractivity contribution in [3.05, 3.63) is 59.3 Å². The Kier molecular flexibility index (Phi) is 4.49. The largest absolute Gasteiger partial charge is 0.497 e. The molecule has 27 heavy (non-hydrogen) atoms. The van der Waals surface area contributed by atoms with Crippen molar-refractivity contribution < 1.29 is 19.0 Å². The molecule has 2 atom stereocenters. The van der Waals surface area contributed by atoms with Gasteiger partial charge in [-0.25, -0.2) is 0 Å². The van der Waals surface area contributed by atoms with Crippen molar-refractivity contribution in [3.8, 4) is 11.5 Å². The molecule has 0 bridgehead atoms. The molecule has 6 heteroatoms. The minimum absolute atomic E-state index is 0.254. The van der Waals surface area contributed by atoms with E-state index in [9.17, 15) is 4.79 Å². The van der Waals surface area contributed by atoms with Gasteiger partial charge in [-0.2, -0.15) is 0 Å². The van der Waals surface area contributed by atoms with Gasteiger partial charge in [0, 0.05) is 28.6 Å². The number of ether oxygens (including phenoxy) is 3. The van der Waals surface area contributed by atoms with Gasteiger partial charge in [-0.1, -0.05) is 18.2 Å². The fourth-order valence-corrected chi connectivity index (χ4v) is 3.84. The lowest BCUT2D eigenvalue weighted by molar-refractivity contribution is -0.143. The molecule has 140 valence electrons. The SMILES string of the molecule is COC(=O)[C@@H]1Cc2c([nH]c3ccccc23)C(c2cc(OC)ccc2OC)N1. The molecule has 0 radical (unpaired) electrons. The summed E-state index contributed by atoms with van der Waals surface area (Å²) in [5.41, 5.74) is 4.09. The fraction of sp³-hybridized carbons (Fsp3) is 0.286.